The first-order valence-electron chi connectivity index (χ1n) is 7.13. The molecule has 0 bridgehead atoms. The summed E-state index contributed by atoms with van der Waals surface area (Å²) in [4.78, 5) is 0. The quantitative estimate of drug-likeness (QED) is 0.735. The minimum Gasteiger partial charge on any atom is -0.195 e. The molecule has 0 aromatic heterocycles. The molecule has 2 unspecified atom stereocenters. The molecule has 9 heteroatoms. The summed E-state index contributed by atoms with van der Waals surface area (Å²) in [5.41, 5.74) is 0. The second kappa shape index (κ2) is 6.60. The van der Waals surface area contributed by atoms with E-state index in [1.54, 1.807) is 0 Å². The first kappa shape index (κ1) is 17.3. The van der Waals surface area contributed by atoms with E-state index in [1.165, 1.54) is 4.31 Å². The normalized spacial score (nSPS) is 30.5. The van der Waals surface area contributed by atoms with E-state index in [0.717, 1.165) is 10.7 Å². The molecular weight excluding hydrogens is 329 g/mol. The zero-order valence-electron chi connectivity index (χ0n) is 11.6. The number of rotatable bonds is 3. The topological polar surface area (TPSA) is 40.6 Å². The van der Waals surface area contributed by atoms with Crippen LogP contribution in [0.2, 0.25) is 0 Å². The van der Waals surface area contributed by atoms with Gasteiger partial charge in [-0.3, -0.25) is 0 Å². The first-order valence-corrected chi connectivity index (χ1v) is 9.06. The summed E-state index contributed by atoms with van der Waals surface area (Å²) >= 11 is 5.78. The second-order valence-electron chi connectivity index (χ2n) is 5.77. The van der Waals surface area contributed by atoms with Crippen LogP contribution in [0.3, 0.4) is 0 Å². The lowest BCUT2D eigenvalue weighted by Crippen LogP contribution is -2.52. The average molecular weight is 349 g/mol. The summed E-state index contributed by atoms with van der Waals surface area (Å²) in [7, 11) is -3.81. The largest absolute Gasteiger partial charge is 0.393 e. The van der Waals surface area contributed by atoms with Crippen molar-refractivity contribution < 1.29 is 21.6 Å². The van der Waals surface area contributed by atoms with Gasteiger partial charge in [0.15, 0.2) is 0 Å². The second-order valence-corrected chi connectivity index (χ2v) is 8.00. The molecule has 21 heavy (non-hydrogen) atoms. The number of piperidine rings is 2. The smallest absolute Gasteiger partial charge is 0.195 e. The van der Waals surface area contributed by atoms with E-state index in [1.807, 2.05) is 0 Å². The van der Waals surface area contributed by atoms with Crippen molar-refractivity contribution in [3.63, 3.8) is 0 Å². The van der Waals surface area contributed by atoms with Crippen molar-refractivity contribution in [3.05, 3.63) is 0 Å². The van der Waals surface area contributed by atoms with Crippen LogP contribution in [0.4, 0.5) is 13.2 Å². The molecule has 0 radical (unpaired) electrons. The minimum absolute atomic E-state index is 0.000174. The number of halogens is 4. The van der Waals surface area contributed by atoms with Gasteiger partial charge in [-0.1, -0.05) is 0 Å². The maximum Gasteiger partial charge on any atom is 0.393 e. The summed E-state index contributed by atoms with van der Waals surface area (Å²) in [6.07, 6.45) is -2.53. The fourth-order valence-corrected chi connectivity index (χ4v) is 5.01. The molecule has 2 heterocycles. The minimum atomic E-state index is -4.34. The Kier molecular flexibility index (Phi) is 5.44. The molecule has 0 saturated carbocycles. The third-order valence-electron chi connectivity index (χ3n) is 4.20. The molecule has 4 nitrogen and oxygen atoms in total. The highest BCUT2D eigenvalue weighted by Gasteiger charge is 2.45. The van der Waals surface area contributed by atoms with Crippen LogP contribution in [0.25, 0.3) is 0 Å². The van der Waals surface area contributed by atoms with Crippen LogP contribution in [0, 0.1) is 11.8 Å². The van der Waals surface area contributed by atoms with E-state index < -0.39 is 28.8 Å². The summed E-state index contributed by atoms with van der Waals surface area (Å²) in [5.74, 6) is -1.11. The molecule has 2 aliphatic rings. The summed E-state index contributed by atoms with van der Waals surface area (Å²) in [5, 5.41) is 0. The molecule has 0 amide bonds. The molecule has 0 aromatic carbocycles. The van der Waals surface area contributed by atoms with Gasteiger partial charge in [0.2, 0.25) is 0 Å². The fraction of sp³-hybridized carbons (Fsp3) is 1.00. The van der Waals surface area contributed by atoms with Crippen LogP contribution in [0.5, 0.6) is 0 Å². The maximum absolute atomic E-state index is 12.8. The Morgan fingerprint density at radius 3 is 2.19 bits per heavy atom. The Morgan fingerprint density at radius 1 is 1.05 bits per heavy atom. The Morgan fingerprint density at radius 2 is 1.62 bits per heavy atom. The van der Waals surface area contributed by atoms with Crippen molar-refractivity contribution in [2.45, 2.75) is 31.9 Å². The third-order valence-corrected chi connectivity index (χ3v) is 6.60. The maximum atomic E-state index is 12.8. The van der Waals surface area contributed by atoms with Crippen molar-refractivity contribution in [1.82, 2.24) is 8.61 Å². The van der Waals surface area contributed by atoms with Gasteiger partial charge < -0.3 is 0 Å². The van der Waals surface area contributed by atoms with E-state index in [4.69, 9.17) is 11.6 Å². The van der Waals surface area contributed by atoms with Crippen LogP contribution < -0.4 is 0 Å². The molecule has 2 aliphatic heterocycles. The standard InChI is InChI=1S/C12H20ClF3N2O2S/c13-7-10-3-1-5-17(8-10)21(19,20)18-6-2-4-11(9-18)12(14,15)16/h10-11H,1-9H2. The highest BCUT2D eigenvalue weighted by molar-refractivity contribution is 7.86. The van der Waals surface area contributed by atoms with E-state index in [0.29, 0.717) is 25.4 Å². The third kappa shape index (κ3) is 4.03. The highest BCUT2D eigenvalue weighted by Crippen LogP contribution is 2.34. The molecular formula is C12H20ClF3N2O2S. The number of hydrogen-bond donors (Lipinski definition) is 0. The van der Waals surface area contributed by atoms with Crippen LogP contribution in [0.15, 0.2) is 0 Å². The van der Waals surface area contributed by atoms with Gasteiger partial charge in [-0.25, -0.2) is 0 Å². The Bertz CT molecular complexity index is 458. The van der Waals surface area contributed by atoms with Crippen LogP contribution in [-0.4, -0.2) is 55.3 Å². The van der Waals surface area contributed by atoms with E-state index in [-0.39, 0.29) is 25.3 Å². The van der Waals surface area contributed by atoms with Gasteiger partial charge in [0.05, 0.1) is 5.92 Å². The lowest BCUT2D eigenvalue weighted by atomic mass is 9.99. The molecule has 0 N–H and O–H groups in total. The van der Waals surface area contributed by atoms with Crippen molar-refractivity contribution >= 4 is 21.8 Å². The molecule has 2 fully saturated rings. The van der Waals surface area contributed by atoms with Gasteiger partial charge in [0.1, 0.15) is 0 Å². The molecule has 2 atom stereocenters. The van der Waals surface area contributed by atoms with Gasteiger partial charge in [0, 0.05) is 32.1 Å². The zero-order chi connectivity index (χ0) is 15.7. The summed E-state index contributed by atoms with van der Waals surface area (Å²) in [6, 6.07) is 0. The van der Waals surface area contributed by atoms with Gasteiger partial charge in [-0.15, -0.1) is 11.6 Å². The first-order chi connectivity index (χ1) is 9.75. The van der Waals surface area contributed by atoms with Gasteiger partial charge in [0.25, 0.3) is 10.2 Å². The molecule has 2 saturated heterocycles. The van der Waals surface area contributed by atoms with Crippen molar-refractivity contribution in [3.8, 4) is 0 Å². The van der Waals surface area contributed by atoms with Gasteiger partial charge >= 0.3 is 6.18 Å². The molecule has 0 aliphatic carbocycles. The highest BCUT2D eigenvalue weighted by atomic mass is 35.5. The van der Waals surface area contributed by atoms with Gasteiger partial charge in [-0.2, -0.15) is 30.2 Å². The lowest BCUT2D eigenvalue weighted by Gasteiger charge is -2.38. The van der Waals surface area contributed by atoms with Crippen molar-refractivity contribution in [1.29, 1.82) is 0 Å². The Hall–Kier alpha value is -0.0500. The Balaban J connectivity index is 2.08. The molecule has 2 rings (SSSR count). The predicted octanol–water partition coefficient (Wildman–Crippen LogP) is 2.46. The Labute approximate surface area is 128 Å². The van der Waals surface area contributed by atoms with Crippen LogP contribution in [-0.2, 0) is 10.2 Å². The number of hydrogen-bond acceptors (Lipinski definition) is 2. The van der Waals surface area contributed by atoms with Crippen molar-refractivity contribution in [2.24, 2.45) is 11.8 Å². The average Bonchev–Trinajstić information content (AvgIpc) is 2.46. The molecule has 124 valence electrons. The van der Waals surface area contributed by atoms with E-state index in [9.17, 15) is 21.6 Å². The number of nitrogens with zero attached hydrogens (tertiary/aromatic N) is 2. The summed E-state index contributed by atoms with van der Waals surface area (Å²) < 4.78 is 65.7. The summed E-state index contributed by atoms with van der Waals surface area (Å²) in [6.45, 7) is 0.368. The van der Waals surface area contributed by atoms with Crippen molar-refractivity contribution in [2.75, 3.05) is 32.1 Å². The van der Waals surface area contributed by atoms with E-state index in [2.05, 4.69) is 0 Å². The predicted molar refractivity (Wildman–Crippen MR) is 74.3 cm³/mol. The molecule has 0 spiro atoms. The zero-order valence-corrected chi connectivity index (χ0v) is 13.2. The lowest BCUT2D eigenvalue weighted by molar-refractivity contribution is -0.182. The van der Waals surface area contributed by atoms with Crippen LogP contribution in [0.1, 0.15) is 25.7 Å². The number of alkyl halides is 4. The SMILES string of the molecule is O=S(=O)(N1CCCC(CCl)C1)N1CCCC(C(F)(F)F)C1. The van der Waals surface area contributed by atoms with E-state index >= 15 is 0 Å². The van der Waals surface area contributed by atoms with Gasteiger partial charge in [-0.05, 0) is 31.6 Å². The fourth-order valence-electron chi connectivity index (χ4n) is 2.94. The molecule has 0 aromatic rings. The monoisotopic (exact) mass is 348 g/mol. The van der Waals surface area contributed by atoms with Crippen LogP contribution >= 0.6 is 11.6 Å².